The van der Waals surface area contributed by atoms with Crippen molar-refractivity contribution < 1.29 is 13.3 Å². The van der Waals surface area contributed by atoms with Crippen LogP contribution in [0.2, 0.25) is 0 Å². The zero-order valence-corrected chi connectivity index (χ0v) is 19.1. The molecule has 0 unspecified atom stereocenters. The smallest absolute Gasteiger partial charge is 0.270 e. The van der Waals surface area contributed by atoms with E-state index in [0.29, 0.717) is 24.3 Å². The Morgan fingerprint density at radius 3 is 2.50 bits per heavy atom. The zero-order valence-electron chi connectivity index (χ0n) is 18.2. The van der Waals surface area contributed by atoms with Gasteiger partial charge in [-0.1, -0.05) is 18.2 Å². The van der Waals surface area contributed by atoms with Gasteiger partial charge in [0, 0.05) is 38.3 Å². The molecular formula is C23H20N6O4S. The van der Waals surface area contributed by atoms with Crippen molar-refractivity contribution in [3.8, 4) is 6.07 Å². The maximum Gasteiger partial charge on any atom is 0.270 e. The molecule has 10 nitrogen and oxygen atoms in total. The van der Waals surface area contributed by atoms with Gasteiger partial charge in [0.2, 0.25) is 10.0 Å². The Morgan fingerprint density at radius 1 is 1.06 bits per heavy atom. The molecule has 2 aromatic heterocycles. The fraction of sp³-hybridized carbons (Fsp3) is 0.217. The van der Waals surface area contributed by atoms with Gasteiger partial charge in [0.15, 0.2) is 5.65 Å². The van der Waals surface area contributed by atoms with Gasteiger partial charge in [0.05, 0.1) is 26.4 Å². The van der Waals surface area contributed by atoms with E-state index in [1.54, 1.807) is 0 Å². The number of rotatable bonds is 4. The van der Waals surface area contributed by atoms with Crippen molar-refractivity contribution in [2.75, 3.05) is 31.1 Å². The highest BCUT2D eigenvalue weighted by atomic mass is 32.2. The van der Waals surface area contributed by atoms with Crippen LogP contribution in [-0.2, 0) is 10.0 Å². The molecule has 0 amide bonds. The van der Waals surface area contributed by atoms with Gasteiger partial charge in [-0.25, -0.2) is 13.4 Å². The molecule has 0 radical (unpaired) electrons. The Morgan fingerprint density at radius 2 is 1.79 bits per heavy atom. The predicted molar refractivity (Wildman–Crippen MR) is 126 cm³/mol. The number of fused-ring (bicyclic) bond motifs is 3. The summed E-state index contributed by atoms with van der Waals surface area (Å²) in [5, 5.41) is 20.8. The van der Waals surface area contributed by atoms with Crippen LogP contribution in [0.4, 0.5) is 11.5 Å². The molecule has 1 aliphatic rings. The van der Waals surface area contributed by atoms with Crippen LogP contribution >= 0.6 is 0 Å². The fourth-order valence-electron chi connectivity index (χ4n) is 4.37. The number of hydrogen-bond acceptors (Lipinski definition) is 7. The molecule has 1 fully saturated rings. The van der Waals surface area contributed by atoms with Crippen molar-refractivity contribution in [2.24, 2.45) is 0 Å². The fourth-order valence-corrected chi connectivity index (χ4v) is 5.83. The molecule has 1 saturated heterocycles. The highest BCUT2D eigenvalue weighted by Crippen LogP contribution is 2.30. The van der Waals surface area contributed by atoms with Crippen LogP contribution < -0.4 is 4.90 Å². The van der Waals surface area contributed by atoms with Crippen LogP contribution in [0, 0.1) is 28.4 Å². The molecular weight excluding hydrogens is 456 g/mol. The number of benzene rings is 2. The largest absolute Gasteiger partial charge is 0.355 e. The number of pyridine rings is 1. The van der Waals surface area contributed by atoms with Gasteiger partial charge >= 0.3 is 0 Å². The number of nitrogens with zero attached hydrogens (tertiary/aromatic N) is 6. The average Bonchev–Trinajstić information content (AvgIpc) is 3.23. The third-order valence-corrected chi connectivity index (χ3v) is 7.99. The number of para-hydroxylation sites is 2. The van der Waals surface area contributed by atoms with Gasteiger partial charge in [0.1, 0.15) is 11.9 Å². The Bertz CT molecular complexity index is 1600. The summed E-state index contributed by atoms with van der Waals surface area (Å²) >= 11 is 0. The van der Waals surface area contributed by atoms with E-state index < -0.39 is 14.9 Å². The van der Waals surface area contributed by atoms with Crippen molar-refractivity contribution in [2.45, 2.75) is 11.8 Å². The molecule has 0 N–H and O–H groups in total. The molecule has 1 aliphatic heterocycles. The van der Waals surface area contributed by atoms with Crippen LogP contribution in [0.1, 0.15) is 11.1 Å². The van der Waals surface area contributed by atoms with Crippen LogP contribution in [0.3, 0.4) is 0 Å². The van der Waals surface area contributed by atoms with Crippen molar-refractivity contribution in [1.29, 1.82) is 5.26 Å². The van der Waals surface area contributed by atoms with Gasteiger partial charge in [0.25, 0.3) is 5.69 Å². The molecule has 4 aromatic rings. The Kier molecular flexibility index (Phi) is 5.19. The summed E-state index contributed by atoms with van der Waals surface area (Å²) in [6.45, 7) is 3.14. The lowest BCUT2D eigenvalue weighted by Gasteiger charge is -2.35. The molecule has 0 atom stereocenters. The lowest BCUT2D eigenvalue weighted by molar-refractivity contribution is -0.385. The van der Waals surface area contributed by atoms with Crippen molar-refractivity contribution in [3.05, 3.63) is 75.8 Å². The third kappa shape index (κ3) is 3.44. The lowest BCUT2D eigenvalue weighted by Crippen LogP contribution is -2.49. The minimum absolute atomic E-state index is 0.0904. The van der Waals surface area contributed by atoms with E-state index in [-0.39, 0.29) is 23.7 Å². The van der Waals surface area contributed by atoms with Gasteiger partial charge in [-0.15, -0.1) is 0 Å². The summed E-state index contributed by atoms with van der Waals surface area (Å²) in [5.41, 5.74) is 3.26. The van der Waals surface area contributed by atoms with Crippen LogP contribution in [-0.4, -0.2) is 53.2 Å². The number of imidazole rings is 1. The zero-order chi connectivity index (χ0) is 24.0. The normalized spacial score (nSPS) is 15.0. The number of hydrogen-bond donors (Lipinski definition) is 0. The maximum absolute atomic E-state index is 13.1. The van der Waals surface area contributed by atoms with Crippen molar-refractivity contribution >= 4 is 38.2 Å². The number of nitro benzene ring substituents is 1. The summed E-state index contributed by atoms with van der Waals surface area (Å²) in [6.07, 6.45) is 0. The van der Waals surface area contributed by atoms with Crippen molar-refractivity contribution in [3.63, 3.8) is 0 Å². The number of anilines is 1. The van der Waals surface area contributed by atoms with E-state index in [9.17, 15) is 23.8 Å². The summed E-state index contributed by atoms with van der Waals surface area (Å²) < 4.78 is 29.5. The van der Waals surface area contributed by atoms with E-state index in [0.717, 1.165) is 28.5 Å². The minimum atomic E-state index is -3.87. The maximum atomic E-state index is 13.1. The van der Waals surface area contributed by atoms with E-state index in [2.05, 4.69) is 16.0 Å². The molecule has 0 aliphatic carbocycles. The van der Waals surface area contributed by atoms with Gasteiger partial charge in [-0.2, -0.15) is 9.57 Å². The molecule has 0 bridgehead atoms. The standard InChI is InChI=1S/C23H20N6O4S/c1-16-13-22(28-21-8-3-2-7-20(21)25-23(28)19(16)15-24)26-9-11-27(12-10-26)34(32,33)18-6-4-5-17(14-18)29(30)31/h2-8,13-14H,9-12H2,1H3. The number of aryl methyl sites for hydroxylation is 1. The van der Waals surface area contributed by atoms with Crippen LogP contribution in [0.5, 0.6) is 0 Å². The second kappa shape index (κ2) is 8.09. The quantitative estimate of drug-likeness (QED) is 0.327. The average molecular weight is 477 g/mol. The minimum Gasteiger partial charge on any atom is -0.355 e. The van der Waals surface area contributed by atoms with E-state index in [4.69, 9.17) is 0 Å². The first-order chi connectivity index (χ1) is 16.3. The molecule has 5 rings (SSSR count). The second-order valence-electron chi connectivity index (χ2n) is 8.08. The Labute approximate surface area is 195 Å². The number of piperazine rings is 1. The number of nitriles is 1. The van der Waals surface area contributed by atoms with Gasteiger partial charge < -0.3 is 4.90 Å². The highest BCUT2D eigenvalue weighted by molar-refractivity contribution is 7.89. The second-order valence-corrected chi connectivity index (χ2v) is 10.0. The molecule has 34 heavy (non-hydrogen) atoms. The Balaban J connectivity index is 1.49. The predicted octanol–water partition coefficient (Wildman–Crippen LogP) is 3.09. The van der Waals surface area contributed by atoms with Crippen LogP contribution in [0.15, 0.2) is 59.5 Å². The lowest BCUT2D eigenvalue weighted by atomic mass is 10.1. The van der Waals surface area contributed by atoms with Gasteiger partial charge in [-0.05, 0) is 36.8 Å². The molecule has 3 heterocycles. The summed E-state index contributed by atoms with van der Waals surface area (Å²) in [4.78, 5) is 17.1. The Hall–Kier alpha value is -4.01. The van der Waals surface area contributed by atoms with E-state index >= 15 is 0 Å². The van der Waals surface area contributed by atoms with Crippen molar-refractivity contribution in [1.82, 2.24) is 13.7 Å². The monoisotopic (exact) mass is 476 g/mol. The van der Waals surface area contributed by atoms with Gasteiger partial charge in [-0.3, -0.25) is 14.5 Å². The van der Waals surface area contributed by atoms with E-state index in [1.165, 1.54) is 22.5 Å². The molecule has 11 heteroatoms. The van der Waals surface area contributed by atoms with Crippen LogP contribution in [0.25, 0.3) is 16.7 Å². The number of nitro groups is 1. The highest BCUT2D eigenvalue weighted by Gasteiger charge is 2.31. The molecule has 0 spiro atoms. The number of sulfonamides is 1. The summed E-state index contributed by atoms with van der Waals surface area (Å²) in [7, 11) is -3.87. The molecule has 2 aromatic carbocycles. The number of aromatic nitrogens is 2. The molecule has 0 saturated carbocycles. The first kappa shape index (κ1) is 21.8. The SMILES string of the molecule is Cc1cc(N2CCN(S(=O)(=O)c3cccc([N+](=O)[O-])c3)CC2)n2c(nc3ccccc32)c1C#N. The first-order valence-electron chi connectivity index (χ1n) is 10.6. The topological polar surface area (TPSA) is 125 Å². The third-order valence-electron chi connectivity index (χ3n) is 6.09. The number of non-ortho nitro benzene ring substituents is 1. The first-order valence-corrected chi connectivity index (χ1v) is 12.1. The molecule has 172 valence electrons. The summed E-state index contributed by atoms with van der Waals surface area (Å²) in [6, 6.07) is 16.9. The summed E-state index contributed by atoms with van der Waals surface area (Å²) in [5.74, 6) is 0.840. The van der Waals surface area contributed by atoms with E-state index in [1.807, 2.05) is 41.7 Å².